The molecule has 3 aliphatic rings. The Kier molecular flexibility index (Phi) is 3.99. The first-order chi connectivity index (χ1) is 16.3. The van der Waals surface area contributed by atoms with E-state index in [0.29, 0.717) is 17.6 Å². The van der Waals surface area contributed by atoms with E-state index in [2.05, 4.69) is 66.1 Å². The fraction of sp³-hybridized carbons (Fsp3) is 0.269. The lowest BCUT2D eigenvalue weighted by Gasteiger charge is -2.26. The van der Waals surface area contributed by atoms with E-state index in [0.717, 1.165) is 48.0 Å². The molecule has 7 heteroatoms. The summed E-state index contributed by atoms with van der Waals surface area (Å²) in [6, 6.07) is 20.2. The molecule has 162 valence electrons. The maximum absolute atomic E-state index is 9.11. The third kappa shape index (κ3) is 2.84. The second-order valence-electron chi connectivity index (χ2n) is 9.17. The Hall–Kier alpha value is -3.89. The van der Waals surface area contributed by atoms with Crippen LogP contribution in [-0.2, 0) is 6.54 Å². The summed E-state index contributed by atoms with van der Waals surface area (Å²) in [4.78, 5) is 2.58. The number of anilines is 1. The molecule has 2 saturated heterocycles. The molecule has 2 aromatic heterocycles. The summed E-state index contributed by atoms with van der Waals surface area (Å²) in [5, 5.41) is 21.5. The number of hydrogen-bond donors (Lipinski definition) is 1. The van der Waals surface area contributed by atoms with Gasteiger partial charge in [-0.1, -0.05) is 12.1 Å². The van der Waals surface area contributed by atoms with Crippen LogP contribution in [0.1, 0.15) is 24.0 Å². The molecule has 1 N–H and O–H groups in total. The minimum atomic E-state index is 0.601. The zero-order valence-electron chi connectivity index (χ0n) is 18.1. The van der Waals surface area contributed by atoms with Crippen molar-refractivity contribution in [2.45, 2.75) is 31.5 Å². The number of benzene rings is 2. The number of rotatable bonds is 2. The van der Waals surface area contributed by atoms with E-state index >= 15 is 0 Å². The molecule has 0 saturated carbocycles. The third-order valence-corrected chi connectivity index (χ3v) is 7.41. The summed E-state index contributed by atoms with van der Waals surface area (Å²) in [5.41, 5.74) is 7.64. The Morgan fingerprint density at radius 2 is 1.94 bits per heavy atom. The first kappa shape index (κ1) is 18.7. The molecule has 2 aromatic carbocycles. The van der Waals surface area contributed by atoms with Crippen LogP contribution in [0.2, 0.25) is 0 Å². The summed E-state index contributed by atoms with van der Waals surface area (Å²) < 4.78 is 4.37. The van der Waals surface area contributed by atoms with Gasteiger partial charge in [-0.15, -0.1) is 10.2 Å². The Labute approximate surface area is 191 Å². The van der Waals surface area contributed by atoms with E-state index < -0.39 is 0 Å². The van der Waals surface area contributed by atoms with Gasteiger partial charge < -0.3 is 14.8 Å². The summed E-state index contributed by atoms with van der Waals surface area (Å²) in [7, 11) is 0. The molecular weight excluding hydrogens is 410 g/mol. The largest absolute Gasteiger partial charge is 0.367 e. The van der Waals surface area contributed by atoms with Crippen molar-refractivity contribution in [3.05, 3.63) is 72.2 Å². The number of nitrogens with zero attached hydrogens (tertiary/aromatic N) is 6. The fourth-order valence-electron chi connectivity index (χ4n) is 5.79. The van der Waals surface area contributed by atoms with Crippen molar-refractivity contribution in [1.82, 2.24) is 24.6 Å². The molecule has 2 fully saturated rings. The molecule has 0 aliphatic carbocycles. The number of aromatic nitrogens is 4. The third-order valence-electron chi connectivity index (χ3n) is 7.41. The van der Waals surface area contributed by atoms with Gasteiger partial charge in [-0.05, 0) is 66.9 Å². The molecule has 2 unspecified atom stereocenters. The molecule has 3 aliphatic heterocycles. The van der Waals surface area contributed by atoms with Crippen molar-refractivity contribution in [2.75, 3.05) is 18.0 Å². The molecule has 7 nitrogen and oxygen atoms in total. The first-order valence-corrected chi connectivity index (χ1v) is 11.5. The molecule has 33 heavy (non-hydrogen) atoms. The van der Waals surface area contributed by atoms with Gasteiger partial charge >= 0.3 is 0 Å². The Morgan fingerprint density at radius 3 is 2.82 bits per heavy atom. The lowest BCUT2D eigenvalue weighted by atomic mass is 10.1. The van der Waals surface area contributed by atoms with E-state index in [1.807, 2.05) is 30.6 Å². The Morgan fingerprint density at radius 1 is 1.03 bits per heavy atom. The van der Waals surface area contributed by atoms with Crippen LogP contribution < -0.4 is 10.2 Å². The van der Waals surface area contributed by atoms with Crippen molar-refractivity contribution in [2.24, 2.45) is 0 Å². The molecular formula is C26H23N7. The highest BCUT2D eigenvalue weighted by Crippen LogP contribution is 2.37. The van der Waals surface area contributed by atoms with Gasteiger partial charge in [0.25, 0.3) is 0 Å². The van der Waals surface area contributed by atoms with Crippen molar-refractivity contribution in [3.63, 3.8) is 0 Å². The first-order valence-electron chi connectivity index (χ1n) is 11.5. The van der Waals surface area contributed by atoms with Gasteiger partial charge in [0.05, 0.1) is 23.0 Å². The highest BCUT2D eigenvalue weighted by Gasteiger charge is 2.37. The zero-order chi connectivity index (χ0) is 21.9. The molecule has 0 amide bonds. The lowest BCUT2D eigenvalue weighted by Crippen LogP contribution is -2.34. The predicted octanol–water partition coefficient (Wildman–Crippen LogP) is 3.58. The predicted molar refractivity (Wildman–Crippen MR) is 126 cm³/mol. The van der Waals surface area contributed by atoms with E-state index in [4.69, 9.17) is 5.26 Å². The van der Waals surface area contributed by atoms with Crippen molar-refractivity contribution >= 4 is 5.69 Å². The van der Waals surface area contributed by atoms with E-state index in [1.165, 1.54) is 24.1 Å². The fourth-order valence-corrected chi connectivity index (χ4v) is 5.79. The average Bonchev–Trinajstić information content (AvgIpc) is 3.62. The van der Waals surface area contributed by atoms with Crippen molar-refractivity contribution in [3.8, 4) is 34.4 Å². The van der Waals surface area contributed by atoms with Crippen LogP contribution in [-0.4, -0.2) is 44.5 Å². The molecule has 4 aromatic rings. The van der Waals surface area contributed by atoms with Gasteiger partial charge in [-0.25, -0.2) is 0 Å². The standard InChI is InChI=1S/C26H23N7/c27-13-17-1-3-18(4-2-17)19-12-25-26-30-29-16-33(26)23-6-5-21(11-20(23)15-31(25)14-19)32-10-8-22-24(32)7-9-28-22/h1-6,11-12,14,16,22,24,28H,7-10,15H2. The van der Waals surface area contributed by atoms with Gasteiger partial charge in [0.15, 0.2) is 5.82 Å². The van der Waals surface area contributed by atoms with Gasteiger partial charge in [0.1, 0.15) is 6.33 Å². The van der Waals surface area contributed by atoms with Gasteiger partial charge in [-0.2, -0.15) is 5.26 Å². The SMILES string of the molecule is N#Cc1ccc(-c2cc3n(c2)Cc2cc(N4CCC5NCCC54)ccc2-n2cnnc2-3)cc1. The van der Waals surface area contributed by atoms with Crippen LogP contribution in [0.15, 0.2) is 61.1 Å². The van der Waals surface area contributed by atoms with Crippen LogP contribution in [0.4, 0.5) is 5.69 Å². The normalized spacial score (nSPS) is 20.5. The van der Waals surface area contributed by atoms with Crippen LogP contribution in [0.5, 0.6) is 0 Å². The number of hydrogen-bond acceptors (Lipinski definition) is 5. The van der Waals surface area contributed by atoms with E-state index in [-0.39, 0.29) is 0 Å². The maximum Gasteiger partial charge on any atom is 0.185 e. The van der Waals surface area contributed by atoms with Gasteiger partial charge in [-0.3, -0.25) is 4.57 Å². The number of nitrogens with one attached hydrogen (secondary N) is 1. The van der Waals surface area contributed by atoms with Crippen LogP contribution in [0.3, 0.4) is 0 Å². The molecule has 7 rings (SSSR count). The summed E-state index contributed by atoms with van der Waals surface area (Å²) >= 11 is 0. The quantitative estimate of drug-likeness (QED) is 0.461. The molecule has 0 bridgehead atoms. The number of nitriles is 1. The summed E-state index contributed by atoms with van der Waals surface area (Å²) in [5.74, 6) is 0.850. The van der Waals surface area contributed by atoms with E-state index in [9.17, 15) is 0 Å². The van der Waals surface area contributed by atoms with Crippen LogP contribution >= 0.6 is 0 Å². The highest BCUT2D eigenvalue weighted by atomic mass is 15.3. The molecule has 5 heterocycles. The summed E-state index contributed by atoms with van der Waals surface area (Å²) in [6.45, 7) is 3.00. The zero-order valence-corrected chi connectivity index (χ0v) is 18.1. The van der Waals surface area contributed by atoms with Gasteiger partial charge in [0, 0.05) is 42.6 Å². The lowest BCUT2D eigenvalue weighted by molar-refractivity contribution is 0.601. The average molecular weight is 434 g/mol. The minimum absolute atomic E-state index is 0.601. The second-order valence-corrected chi connectivity index (χ2v) is 9.17. The maximum atomic E-state index is 9.11. The monoisotopic (exact) mass is 433 g/mol. The topological polar surface area (TPSA) is 74.7 Å². The highest BCUT2D eigenvalue weighted by molar-refractivity contribution is 5.72. The van der Waals surface area contributed by atoms with Gasteiger partial charge in [0.2, 0.25) is 0 Å². The van der Waals surface area contributed by atoms with Crippen LogP contribution in [0, 0.1) is 11.3 Å². The smallest absolute Gasteiger partial charge is 0.185 e. The molecule has 0 radical (unpaired) electrons. The summed E-state index contributed by atoms with van der Waals surface area (Å²) in [6.07, 6.45) is 6.43. The van der Waals surface area contributed by atoms with E-state index in [1.54, 1.807) is 0 Å². The van der Waals surface area contributed by atoms with Crippen molar-refractivity contribution in [1.29, 1.82) is 5.26 Å². The van der Waals surface area contributed by atoms with Crippen LogP contribution in [0.25, 0.3) is 28.3 Å². The molecule has 2 atom stereocenters. The van der Waals surface area contributed by atoms with Crippen molar-refractivity contribution < 1.29 is 0 Å². The number of fused-ring (bicyclic) bond motifs is 6. The minimum Gasteiger partial charge on any atom is -0.367 e. The molecule has 0 spiro atoms. The second kappa shape index (κ2) is 7.06. The Balaban J connectivity index is 1.31. The Bertz CT molecular complexity index is 1410.